The largest absolute Gasteiger partial charge is 0.513 e. The molecule has 11 heteroatoms. The molecule has 0 unspecified atom stereocenters. The van der Waals surface area contributed by atoms with Gasteiger partial charge in [0.05, 0.1) is 18.6 Å². The van der Waals surface area contributed by atoms with Crippen molar-refractivity contribution in [3.8, 4) is 17.3 Å². The average Bonchev–Trinajstić information content (AvgIpc) is 3.63. The molecule has 0 aliphatic carbocycles. The highest BCUT2D eigenvalue weighted by molar-refractivity contribution is 5.82. The predicted octanol–water partition coefficient (Wildman–Crippen LogP) is 4.83. The van der Waals surface area contributed by atoms with E-state index in [1.165, 1.54) is 6.33 Å². The fourth-order valence-electron chi connectivity index (χ4n) is 3.94. The molecule has 0 bridgehead atoms. The zero-order valence-electron chi connectivity index (χ0n) is 19.6. The number of benzene rings is 1. The standard InChI is InChI=1S/C25H24FN7O3/c1-14-10-16-17(30-14)6-5-15(23(16)26)7-9-36-25-22(19(12-34)27-2)24(28-13-29-25)31-21-11-18(32-33-21)20-4-3-8-35-20/h3-6,8,10-13,27,30,34H,7,9H2,1-2H3,(H2,28,29,31,32,33)/b19-12-. The first kappa shape index (κ1) is 23.0. The molecule has 0 saturated heterocycles. The SMILES string of the molecule is CN/C(=C\O)c1c(Nc2cc(-c3ccco3)[nH]n2)ncnc1OCCc1ccc2[nH]c(C)cc2c1F. The second kappa shape index (κ2) is 9.82. The number of nitrogens with one attached hydrogen (secondary N) is 4. The number of rotatable bonds is 9. The second-order valence-corrected chi connectivity index (χ2v) is 8.02. The monoisotopic (exact) mass is 489 g/mol. The molecule has 4 aromatic heterocycles. The Hall–Kier alpha value is -4.80. The van der Waals surface area contributed by atoms with Gasteiger partial charge in [-0.05, 0) is 36.8 Å². The Balaban J connectivity index is 1.38. The molecule has 36 heavy (non-hydrogen) atoms. The number of hydrogen-bond donors (Lipinski definition) is 5. The predicted molar refractivity (Wildman–Crippen MR) is 133 cm³/mol. The van der Waals surface area contributed by atoms with Crippen LogP contribution in [0.3, 0.4) is 0 Å². The van der Waals surface area contributed by atoms with Crippen molar-refractivity contribution in [2.45, 2.75) is 13.3 Å². The van der Waals surface area contributed by atoms with Crippen LogP contribution in [-0.4, -0.2) is 43.9 Å². The summed E-state index contributed by atoms with van der Waals surface area (Å²) in [7, 11) is 1.65. The van der Waals surface area contributed by atoms with E-state index in [9.17, 15) is 9.50 Å². The second-order valence-electron chi connectivity index (χ2n) is 8.02. The summed E-state index contributed by atoms with van der Waals surface area (Å²) >= 11 is 0. The third-order valence-electron chi connectivity index (χ3n) is 5.65. The normalized spacial score (nSPS) is 11.7. The molecule has 1 aromatic carbocycles. The first-order valence-electron chi connectivity index (χ1n) is 11.2. The van der Waals surface area contributed by atoms with Crippen LogP contribution in [0, 0.1) is 12.7 Å². The van der Waals surface area contributed by atoms with Gasteiger partial charge in [0.15, 0.2) is 11.6 Å². The molecule has 0 aliphatic heterocycles. The number of halogens is 1. The number of aromatic nitrogens is 5. The first-order chi connectivity index (χ1) is 17.6. The van der Waals surface area contributed by atoms with Gasteiger partial charge < -0.3 is 29.9 Å². The van der Waals surface area contributed by atoms with Crippen molar-refractivity contribution in [2.24, 2.45) is 0 Å². The lowest BCUT2D eigenvalue weighted by atomic mass is 10.1. The number of nitrogens with zero attached hydrogens (tertiary/aromatic N) is 3. The number of hydrogen-bond acceptors (Lipinski definition) is 8. The highest BCUT2D eigenvalue weighted by atomic mass is 19.1. The minimum absolute atomic E-state index is 0.156. The lowest BCUT2D eigenvalue weighted by Crippen LogP contribution is -2.13. The Morgan fingerprint density at radius 1 is 1.25 bits per heavy atom. The van der Waals surface area contributed by atoms with Gasteiger partial charge in [0.2, 0.25) is 5.88 Å². The summed E-state index contributed by atoms with van der Waals surface area (Å²) in [5, 5.41) is 23.5. The highest BCUT2D eigenvalue weighted by Gasteiger charge is 2.19. The lowest BCUT2D eigenvalue weighted by molar-refractivity contribution is 0.306. The highest BCUT2D eigenvalue weighted by Crippen LogP contribution is 2.31. The summed E-state index contributed by atoms with van der Waals surface area (Å²) in [5.74, 6) is 1.39. The molecular weight excluding hydrogens is 465 g/mol. The van der Waals surface area contributed by atoms with Crippen molar-refractivity contribution < 1.29 is 18.7 Å². The lowest BCUT2D eigenvalue weighted by Gasteiger charge is -2.16. The average molecular weight is 490 g/mol. The van der Waals surface area contributed by atoms with Crippen LogP contribution in [0.5, 0.6) is 5.88 Å². The Kier molecular flexibility index (Phi) is 6.27. The Bertz CT molecular complexity index is 1520. The molecule has 0 spiro atoms. The molecule has 4 heterocycles. The molecule has 0 atom stereocenters. The van der Waals surface area contributed by atoms with Gasteiger partial charge in [-0.25, -0.2) is 14.4 Å². The van der Waals surface area contributed by atoms with Crippen molar-refractivity contribution in [3.05, 3.63) is 77.9 Å². The van der Waals surface area contributed by atoms with Gasteiger partial charge in [0.25, 0.3) is 0 Å². The summed E-state index contributed by atoms with van der Waals surface area (Å²) in [4.78, 5) is 11.7. The van der Waals surface area contributed by atoms with Crippen LogP contribution < -0.4 is 15.4 Å². The van der Waals surface area contributed by atoms with Crippen LogP contribution in [0.15, 0.2) is 59.7 Å². The molecule has 0 radical (unpaired) electrons. The van der Waals surface area contributed by atoms with Crippen LogP contribution in [0.2, 0.25) is 0 Å². The third-order valence-corrected chi connectivity index (χ3v) is 5.65. The number of ether oxygens (including phenoxy) is 1. The van der Waals surface area contributed by atoms with Crippen LogP contribution in [0.1, 0.15) is 16.8 Å². The van der Waals surface area contributed by atoms with E-state index in [2.05, 4.69) is 35.8 Å². The molecule has 0 fully saturated rings. The maximum Gasteiger partial charge on any atom is 0.228 e. The van der Waals surface area contributed by atoms with E-state index in [1.54, 1.807) is 37.6 Å². The summed E-state index contributed by atoms with van der Waals surface area (Å²) in [6, 6.07) is 10.7. The number of aliphatic hydroxyl groups is 1. The topological polar surface area (TPSA) is 137 Å². The molecular formula is C25H24FN7O3. The van der Waals surface area contributed by atoms with Gasteiger partial charge in [-0.1, -0.05) is 6.07 Å². The molecule has 0 amide bonds. The maximum absolute atomic E-state index is 15.0. The van der Waals surface area contributed by atoms with E-state index in [0.29, 0.717) is 51.7 Å². The number of H-pyrrole nitrogens is 2. The fraction of sp³-hybridized carbons (Fsp3) is 0.160. The number of furan rings is 1. The van der Waals surface area contributed by atoms with E-state index >= 15 is 0 Å². The number of anilines is 2. The minimum atomic E-state index is -0.275. The zero-order chi connectivity index (χ0) is 25.1. The van der Waals surface area contributed by atoms with Crippen molar-refractivity contribution in [2.75, 3.05) is 19.0 Å². The van der Waals surface area contributed by atoms with Crippen molar-refractivity contribution in [3.63, 3.8) is 0 Å². The van der Waals surface area contributed by atoms with Gasteiger partial charge in [-0.2, -0.15) is 5.10 Å². The van der Waals surface area contributed by atoms with Crippen molar-refractivity contribution in [1.29, 1.82) is 0 Å². The Morgan fingerprint density at radius 2 is 2.14 bits per heavy atom. The van der Waals surface area contributed by atoms with E-state index in [4.69, 9.17) is 9.15 Å². The number of aryl methyl sites for hydroxylation is 1. The molecule has 10 nitrogen and oxygen atoms in total. The van der Waals surface area contributed by atoms with Crippen LogP contribution in [0.4, 0.5) is 16.0 Å². The molecule has 5 N–H and O–H groups in total. The van der Waals surface area contributed by atoms with Crippen molar-refractivity contribution in [1.82, 2.24) is 30.5 Å². The number of aromatic amines is 2. The molecule has 5 rings (SSSR count). The van der Waals surface area contributed by atoms with Gasteiger partial charge in [0, 0.05) is 36.1 Å². The fourth-order valence-corrected chi connectivity index (χ4v) is 3.94. The van der Waals surface area contributed by atoms with Crippen molar-refractivity contribution >= 4 is 28.2 Å². The van der Waals surface area contributed by atoms with Crippen LogP contribution in [0.25, 0.3) is 28.1 Å². The maximum atomic E-state index is 15.0. The van der Waals surface area contributed by atoms with Crippen LogP contribution >= 0.6 is 0 Å². The Labute approximate surface area is 205 Å². The summed E-state index contributed by atoms with van der Waals surface area (Å²) in [5.41, 5.74) is 3.57. The molecule has 5 aromatic rings. The summed E-state index contributed by atoms with van der Waals surface area (Å²) in [6.45, 7) is 2.04. The van der Waals surface area contributed by atoms with E-state index in [-0.39, 0.29) is 18.3 Å². The quantitative estimate of drug-likeness (QED) is 0.186. The first-order valence-corrected chi connectivity index (χ1v) is 11.2. The Morgan fingerprint density at radius 3 is 2.92 bits per heavy atom. The van der Waals surface area contributed by atoms with Gasteiger partial charge in [-0.15, -0.1) is 0 Å². The summed E-state index contributed by atoms with van der Waals surface area (Å²) < 4.78 is 26.3. The van der Waals surface area contributed by atoms with E-state index < -0.39 is 0 Å². The molecule has 184 valence electrons. The smallest absolute Gasteiger partial charge is 0.228 e. The van der Waals surface area contributed by atoms with Gasteiger partial charge in [0.1, 0.15) is 35.5 Å². The number of aliphatic hydroxyl groups excluding tert-OH is 1. The molecule has 0 aliphatic rings. The van der Waals surface area contributed by atoms with E-state index in [1.807, 2.05) is 19.1 Å². The molecule has 0 saturated carbocycles. The van der Waals surface area contributed by atoms with E-state index in [0.717, 1.165) is 17.5 Å². The summed E-state index contributed by atoms with van der Waals surface area (Å²) in [6.07, 6.45) is 4.13. The zero-order valence-corrected chi connectivity index (χ0v) is 19.6. The number of fused-ring (bicyclic) bond motifs is 1. The van der Waals surface area contributed by atoms with Gasteiger partial charge >= 0.3 is 0 Å². The minimum Gasteiger partial charge on any atom is -0.513 e. The van der Waals surface area contributed by atoms with Gasteiger partial charge in [-0.3, -0.25) is 5.10 Å². The van der Waals surface area contributed by atoms with Crippen LogP contribution in [-0.2, 0) is 6.42 Å². The third kappa shape index (κ3) is 4.45.